The Morgan fingerprint density at radius 2 is 1.79 bits per heavy atom. The summed E-state index contributed by atoms with van der Waals surface area (Å²) in [7, 11) is 2.16. The summed E-state index contributed by atoms with van der Waals surface area (Å²) < 4.78 is 1.88. The minimum absolute atomic E-state index is 0.106. The first-order valence-electron chi connectivity index (χ1n) is 9.96. The van der Waals surface area contributed by atoms with E-state index in [1.54, 1.807) is 0 Å². The first-order chi connectivity index (χ1) is 13.9. The number of fused-ring (bicyclic) bond motifs is 2. The van der Waals surface area contributed by atoms with Crippen molar-refractivity contribution in [3.63, 3.8) is 0 Å². The molecule has 0 saturated carbocycles. The topological polar surface area (TPSA) is 62.5 Å². The van der Waals surface area contributed by atoms with E-state index in [0.29, 0.717) is 6.04 Å². The SMILES string of the molecule is CN(c1ccnc2ccccc12)C1CN(c2ccc3nnc(C(C)(C)C)n3n2)C1. The second-order valence-electron chi connectivity index (χ2n) is 8.75. The number of para-hydroxylation sites is 1. The molecule has 148 valence electrons. The molecule has 1 saturated heterocycles. The highest BCUT2D eigenvalue weighted by molar-refractivity contribution is 5.91. The molecule has 4 aromatic rings. The zero-order chi connectivity index (χ0) is 20.2. The van der Waals surface area contributed by atoms with Crippen LogP contribution in [-0.4, -0.2) is 51.0 Å². The number of pyridine rings is 1. The van der Waals surface area contributed by atoms with Gasteiger partial charge in [-0.25, -0.2) is 0 Å². The fraction of sp³-hybridized carbons (Fsp3) is 0.364. The summed E-state index contributed by atoms with van der Waals surface area (Å²) in [6, 6.07) is 14.9. The van der Waals surface area contributed by atoms with Gasteiger partial charge in [-0.05, 0) is 24.3 Å². The predicted octanol–water partition coefficient (Wildman–Crippen LogP) is 3.30. The Morgan fingerprint density at radius 3 is 2.59 bits per heavy atom. The lowest BCUT2D eigenvalue weighted by Crippen LogP contribution is -2.59. The average Bonchev–Trinajstić information content (AvgIpc) is 3.10. The Morgan fingerprint density at radius 1 is 1.00 bits per heavy atom. The average molecular weight is 387 g/mol. The fourth-order valence-electron chi connectivity index (χ4n) is 3.89. The molecule has 1 aliphatic rings. The Balaban J connectivity index is 1.38. The van der Waals surface area contributed by atoms with Crippen molar-refractivity contribution in [2.45, 2.75) is 32.2 Å². The normalized spacial score (nSPS) is 15.1. The van der Waals surface area contributed by atoms with Gasteiger partial charge in [0.15, 0.2) is 11.5 Å². The first-order valence-corrected chi connectivity index (χ1v) is 9.96. The summed E-state index contributed by atoms with van der Waals surface area (Å²) in [5, 5.41) is 14.6. The van der Waals surface area contributed by atoms with Gasteiger partial charge in [0.1, 0.15) is 5.82 Å². The number of hydrogen-bond donors (Lipinski definition) is 0. The molecule has 7 nitrogen and oxygen atoms in total. The number of nitrogens with zero attached hydrogens (tertiary/aromatic N) is 7. The fourth-order valence-corrected chi connectivity index (χ4v) is 3.89. The molecule has 0 radical (unpaired) electrons. The van der Waals surface area contributed by atoms with Gasteiger partial charge in [-0.3, -0.25) is 4.98 Å². The van der Waals surface area contributed by atoms with Crippen LogP contribution in [0.4, 0.5) is 11.5 Å². The van der Waals surface area contributed by atoms with Crippen LogP contribution in [0.5, 0.6) is 0 Å². The molecule has 29 heavy (non-hydrogen) atoms. The first kappa shape index (κ1) is 17.8. The maximum absolute atomic E-state index is 4.83. The standard InChI is InChI=1S/C22H25N7/c1-22(2,3)21-25-24-19-9-10-20(26-29(19)21)28-13-15(14-28)27(4)18-11-12-23-17-8-6-5-7-16(17)18/h5-12,15H,13-14H2,1-4H3. The summed E-state index contributed by atoms with van der Waals surface area (Å²) in [6.45, 7) is 8.25. The molecule has 3 aromatic heterocycles. The molecule has 0 spiro atoms. The molecule has 1 fully saturated rings. The number of likely N-dealkylation sites (N-methyl/N-ethyl adjacent to an activating group) is 1. The molecule has 1 aliphatic heterocycles. The molecule has 1 aromatic carbocycles. The number of benzene rings is 1. The third-order valence-electron chi connectivity index (χ3n) is 5.66. The second-order valence-corrected chi connectivity index (χ2v) is 8.75. The molecular weight excluding hydrogens is 362 g/mol. The van der Waals surface area contributed by atoms with Crippen molar-refractivity contribution in [3.05, 3.63) is 54.5 Å². The Hall–Kier alpha value is -3.22. The second kappa shape index (κ2) is 6.40. The monoisotopic (exact) mass is 387 g/mol. The van der Waals surface area contributed by atoms with Crippen LogP contribution in [0.3, 0.4) is 0 Å². The van der Waals surface area contributed by atoms with Crippen molar-refractivity contribution in [2.24, 2.45) is 0 Å². The molecule has 7 heteroatoms. The van der Waals surface area contributed by atoms with Crippen molar-refractivity contribution in [1.82, 2.24) is 24.8 Å². The molecule has 0 aliphatic carbocycles. The lowest BCUT2D eigenvalue weighted by molar-refractivity contribution is 0.486. The van der Waals surface area contributed by atoms with Crippen LogP contribution < -0.4 is 9.80 Å². The van der Waals surface area contributed by atoms with E-state index in [0.717, 1.165) is 35.9 Å². The van der Waals surface area contributed by atoms with Gasteiger partial charge in [0.2, 0.25) is 0 Å². The van der Waals surface area contributed by atoms with Crippen molar-refractivity contribution in [1.29, 1.82) is 0 Å². The van der Waals surface area contributed by atoms with Gasteiger partial charge in [0.25, 0.3) is 0 Å². The van der Waals surface area contributed by atoms with Crippen LogP contribution in [0.25, 0.3) is 16.6 Å². The molecule has 4 heterocycles. The van der Waals surface area contributed by atoms with Gasteiger partial charge in [0.05, 0.1) is 11.6 Å². The van der Waals surface area contributed by atoms with Gasteiger partial charge in [-0.1, -0.05) is 39.0 Å². The third-order valence-corrected chi connectivity index (χ3v) is 5.66. The van der Waals surface area contributed by atoms with Gasteiger partial charge in [-0.2, -0.15) is 4.52 Å². The molecule has 0 N–H and O–H groups in total. The van der Waals surface area contributed by atoms with Crippen molar-refractivity contribution in [2.75, 3.05) is 29.9 Å². The van der Waals surface area contributed by atoms with Gasteiger partial charge in [0, 0.05) is 42.8 Å². The number of aromatic nitrogens is 5. The molecule has 0 amide bonds. The summed E-state index contributed by atoms with van der Waals surface area (Å²) in [4.78, 5) is 9.14. The van der Waals surface area contributed by atoms with Crippen LogP contribution in [0.1, 0.15) is 26.6 Å². The van der Waals surface area contributed by atoms with E-state index in [1.165, 1.54) is 11.1 Å². The van der Waals surface area contributed by atoms with Crippen LogP contribution >= 0.6 is 0 Å². The van der Waals surface area contributed by atoms with Crippen LogP contribution in [0.15, 0.2) is 48.7 Å². The molecule has 0 atom stereocenters. The minimum atomic E-state index is -0.106. The highest BCUT2D eigenvalue weighted by atomic mass is 15.4. The van der Waals surface area contributed by atoms with E-state index >= 15 is 0 Å². The van der Waals surface area contributed by atoms with Crippen LogP contribution in [-0.2, 0) is 5.41 Å². The van der Waals surface area contributed by atoms with Gasteiger partial charge in [-0.15, -0.1) is 15.3 Å². The predicted molar refractivity (Wildman–Crippen MR) is 116 cm³/mol. The zero-order valence-electron chi connectivity index (χ0n) is 17.2. The van der Waals surface area contributed by atoms with E-state index in [1.807, 2.05) is 28.9 Å². The lowest BCUT2D eigenvalue weighted by atomic mass is 9.96. The summed E-state index contributed by atoms with van der Waals surface area (Å²) >= 11 is 0. The van der Waals surface area contributed by atoms with Crippen LogP contribution in [0, 0.1) is 0 Å². The highest BCUT2D eigenvalue weighted by Crippen LogP contribution is 2.30. The lowest BCUT2D eigenvalue weighted by Gasteiger charge is -2.45. The number of anilines is 2. The van der Waals surface area contributed by atoms with E-state index in [2.05, 4.69) is 77.1 Å². The largest absolute Gasteiger partial charge is 0.367 e. The summed E-state index contributed by atoms with van der Waals surface area (Å²) in [5.74, 6) is 1.85. The molecular formula is C22H25N7. The van der Waals surface area contributed by atoms with E-state index in [-0.39, 0.29) is 5.41 Å². The van der Waals surface area contributed by atoms with E-state index < -0.39 is 0 Å². The van der Waals surface area contributed by atoms with Crippen molar-refractivity contribution >= 4 is 28.1 Å². The Labute approximate surface area is 170 Å². The zero-order valence-corrected chi connectivity index (χ0v) is 17.2. The summed E-state index contributed by atoms with van der Waals surface area (Å²) in [5.41, 5.74) is 2.93. The number of hydrogen-bond acceptors (Lipinski definition) is 6. The summed E-state index contributed by atoms with van der Waals surface area (Å²) in [6.07, 6.45) is 1.89. The molecule has 5 rings (SSSR count). The molecule has 0 bridgehead atoms. The quantitative estimate of drug-likeness (QED) is 0.538. The van der Waals surface area contributed by atoms with Crippen molar-refractivity contribution in [3.8, 4) is 0 Å². The minimum Gasteiger partial charge on any atom is -0.367 e. The Bertz CT molecular complexity index is 1180. The smallest absolute Gasteiger partial charge is 0.178 e. The van der Waals surface area contributed by atoms with Crippen molar-refractivity contribution < 1.29 is 0 Å². The van der Waals surface area contributed by atoms with E-state index in [9.17, 15) is 0 Å². The van der Waals surface area contributed by atoms with Crippen LogP contribution in [0.2, 0.25) is 0 Å². The van der Waals surface area contributed by atoms with Gasteiger partial charge < -0.3 is 9.80 Å². The maximum Gasteiger partial charge on any atom is 0.178 e. The van der Waals surface area contributed by atoms with E-state index in [4.69, 9.17) is 5.10 Å². The Kier molecular flexibility index (Phi) is 3.94. The van der Waals surface area contributed by atoms with Gasteiger partial charge >= 0.3 is 0 Å². The maximum atomic E-state index is 4.83. The highest BCUT2D eigenvalue weighted by Gasteiger charge is 2.32. The molecule has 0 unspecified atom stereocenters. The number of rotatable bonds is 3. The third kappa shape index (κ3) is 2.97.